The van der Waals surface area contributed by atoms with Crippen molar-refractivity contribution in [2.45, 2.75) is 32.9 Å². The van der Waals surface area contributed by atoms with E-state index >= 15 is 0 Å². The van der Waals surface area contributed by atoms with E-state index in [-0.39, 0.29) is 6.61 Å². The number of para-hydroxylation sites is 2. The van der Waals surface area contributed by atoms with Crippen LogP contribution in [-0.2, 0) is 0 Å². The molecule has 1 aromatic rings. The van der Waals surface area contributed by atoms with Crippen molar-refractivity contribution in [3.05, 3.63) is 24.3 Å². The van der Waals surface area contributed by atoms with E-state index < -0.39 is 6.10 Å². The molecule has 0 aliphatic rings. The summed E-state index contributed by atoms with van der Waals surface area (Å²) in [4.78, 5) is 0. The lowest BCUT2D eigenvalue weighted by molar-refractivity contribution is 0.102. The molecule has 1 rings (SSSR count). The van der Waals surface area contributed by atoms with Gasteiger partial charge in [0, 0.05) is 12.6 Å². The maximum atomic E-state index is 9.75. The van der Waals surface area contributed by atoms with Crippen molar-refractivity contribution >= 4 is 0 Å². The fraction of sp³-hybridized carbons (Fsp3) is 0.571. The van der Waals surface area contributed by atoms with Gasteiger partial charge in [-0.1, -0.05) is 26.0 Å². The van der Waals surface area contributed by atoms with Crippen molar-refractivity contribution in [1.82, 2.24) is 5.32 Å². The topological polar surface area (TPSA) is 50.7 Å². The lowest BCUT2D eigenvalue weighted by Crippen LogP contribution is -2.35. The van der Waals surface area contributed by atoms with Crippen LogP contribution in [0.3, 0.4) is 0 Å². The molecule has 18 heavy (non-hydrogen) atoms. The molecule has 0 spiro atoms. The molecule has 0 heterocycles. The Bertz CT molecular complexity index is 342. The Morgan fingerprint density at radius 3 is 2.33 bits per heavy atom. The molecular weight excluding hydrogens is 230 g/mol. The molecule has 1 atom stereocenters. The summed E-state index contributed by atoms with van der Waals surface area (Å²) < 4.78 is 11.0. The second-order valence-corrected chi connectivity index (χ2v) is 4.41. The van der Waals surface area contributed by atoms with Crippen LogP contribution < -0.4 is 14.8 Å². The van der Waals surface area contributed by atoms with Gasteiger partial charge in [0.2, 0.25) is 0 Å². The molecule has 0 saturated heterocycles. The molecule has 102 valence electrons. The minimum atomic E-state index is -0.526. The van der Waals surface area contributed by atoms with Gasteiger partial charge in [0.15, 0.2) is 11.5 Å². The van der Waals surface area contributed by atoms with Gasteiger partial charge in [-0.05, 0) is 19.1 Å². The molecule has 4 heteroatoms. The molecular formula is C14H23NO3. The first-order valence-electron chi connectivity index (χ1n) is 6.39. The summed E-state index contributed by atoms with van der Waals surface area (Å²) in [6.45, 7) is 7.38. The standard InChI is InChI=1S/C14H23NO3/c1-4-17-13-7-5-6-8-14(13)18-10-12(16)9-15-11(2)3/h5-8,11-12,15-16H,4,9-10H2,1-3H3. The van der Waals surface area contributed by atoms with Crippen molar-refractivity contribution in [2.24, 2.45) is 0 Å². The second-order valence-electron chi connectivity index (χ2n) is 4.41. The van der Waals surface area contributed by atoms with Crippen LogP contribution in [0.25, 0.3) is 0 Å². The van der Waals surface area contributed by atoms with Crippen LogP contribution >= 0.6 is 0 Å². The van der Waals surface area contributed by atoms with Crippen LogP contribution in [0.4, 0.5) is 0 Å². The highest BCUT2D eigenvalue weighted by Crippen LogP contribution is 2.26. The smallest absolute Gasteiger partial charge is 0.161 e. The van der Waals surface area contributed by atoms with Gasteiger partial charge in [-0.2, -0.15) is 0 Å². The van der Waals surface area contributed by atoms with Gasteiger partial charge >= 0.3 is 0 Å². The van der Waals surface area contributed by atoms with E-state index in [1.54, 1.807) is 0 Å². The number of nitrogens with one attached hydrogen (secondary N) is 1. The van der Waals surface area contributed by atoms with E-state index in [2.05, 4.69) is 5.32 Å². The molecule has 0 bridgehead atoms. The number of aliphatic hydroxyl groups is 1. The zero-order valence-electron chi connectivity index (χ0n) is 11.3. The Morgan fingerprint density at radius 1 is 1.17 bits per heavy atom. The third-order valence-corrected chi connectivity index (χ3v) is 2.34. The van der Waals surface area contributed by atoms with E-state index in [1.165, 1.54) is 0 Å². The molecule has 0 radical (unpaired) electrons. The third-order valence-electron chi connectivity index (χ3n) is 2.34. The van der Waals surface area contributed by atoms with Crippen LogP contribution in [0, 0.1) is 0 Å². The number of hydrogen-bond donors (Lipinski definition) is 2. The van der Waals surface area contributed by atoms with Gasteiger partial charge in [-0.15, -0.1) is 0 Å². The summed E-state index contributed by atoms with van der Waals surface area (Å²) in [5.74, 6) is 1.38. The molecule has 0 fully saturated rings. The van der Waals surface area contributed by atoms with E-state index in [9.17, 15) is 5.11 Å². The number of aliphatic hydroxyl groups excluding tert-OH is 1. The molecule has 0 saturated carbocycles. The largest absolute Gasteiger partial charge is 0.490 e. The fourth-order valence-electron chi connectivity index (χ4n) is 1.46. The SMILES string of the molecule is CCOc1ccccc1OCC(O)CNC(C)C. The monoisotopic (exact) mass is 253 g/mol. The molecule has 1 aromatic carbocycles. The number of hydrogen-bond acceptors (Lipinski definition) is 4. The summed E-state index contributed by atoms with van der Waals surface area (Å²) in [5, 5.41) is 12.9. The highest BCUT2D eigenvalue weighted by atomic mass is 16.5. The van der Waals surface area contributed by atoms with Crippen molar-refractivity contribution in [3.63, 3.8) is 0 Å². The summed E-state index contributed by atoms with van der Waals surface area (Å²) in [7, 11) is 0. The normalized spacial score (nSPS) is 12.5. The summed E-state index contributed by atoms with van der Waals surface area (Å²) in [6.07, 6.45) is -0.526. The van der Waals surface area contributed by atoms with Gasteiger partial charge in [-0.25, -0.2) is 0 Å². The average Bonchev–Trinajstić information content (AvgIpc) is 2.35. The summed E-state index contributed by atoms with van der Waals surface area (Å²) in [5.41, 5.74) is 0. The van der Waals surface area contributed by atoms with Gasteiger partial charge in [-0.3, -0.25) is 0 Å². The van der Waals surface area contributed by atoms with Crippen LogP contribution in [0.15, 0.2) is 24.3 Å². The van der Waals surface area contributed by atoms with Crippen LogP contribution in [0.2, 0.25) is 0 Å². The Kier molecular flexibility index (Phi) is 6.54. The van der Waals surface area contributed by atoms with E-state index in [4.69, 9.17) is 9.47 Å². The predicted octanol–water partition coefficient (Wildman–Crippen LogP) is 1.82. The minimum Gasteiger partial charge on any atom is -0.490 e. The third kappa shape index (κ3) is 5.38. The number of benzene rings is 1. The maximum absolute atomic E-state index is 9.75. The van der Waals surface area contributed by atoms with Crippen molar-refractivity contribution in [3.8, 4) is 11.5 Å². The Morgan fingerprint density at radius 2 is 1.78 bits per heavy atom. The van der Waals surface area contributed by atoms with Crippen LogP contribution in [0.5, 0.6) is 11.5 Å². The Balaban J connectivity index is 2.42. The molecule has 0 aliphatic heterocycles. The Hall–Kier alpha value is -1.26. The maximum Gasteiger partial charge on any atom is 0.161 e. The van der Waals surface area contributed by atoms with E-state index in [0.717, 1.165) is 0 Å². The second kappa shape index (κ2) is 7.95. The number of rotatable bonds is 8. The molecule has 0 aliphatic carbocycles. The highest BCUT2D eigenvalue weighted by Gasteiger charge is 2.08. The van der Waals surface area contributed by atoms with Crippen molar-refractivity contribution < 1.29 is 14.6 Å². The van der Waals surface area contributed by atoms with E-state index in [0.29, 0.717) is 30.7 Å². The first kappa shape index (κ1) is 14.8. The number of ether oxygens (including phenoxy) is 2. The van der Waals surface area contributed by atoms with E-state index in [1.807, 2.05) is 45.0 Å². The first-order valence-corrected chi connectivity index (χ1v) is 6.39. The van der Waals surface area contributed by atoms with Crippen LogP contribution in [-0.4, -0.2) is 37.0 Å². The van der Waals surface area contributed by atoms with Gasteiger partial charge in [0.1, 0.15) is 12.7 Å². The summed E-state index contributed by atoms with van der Waals surface area (Å²) in [6, 6.07) is 7.84. The fourth-order valence-corrected chi connectivity index (χ4v) is 1.46. The van der Waals surface area contributed by atoms with Crippen LogP contribution in [0.1, 0.15) is 20.8 Å². The zero-order chi connectivity index (χ0) is 13.4. The lowest BCUT2D eigenvalue weighted by Gasteiger charge is -2.16. The first-order chi connectivity index (χ1) is 8.63. The molecule has 1 unspecified atom stereocenters. The Labute approximate surface area is 109 Å². The quantitative estimate of drug-likeness (QED) is 0.742. The van der Waals surface area contributed by atoms with Gasteiger partial charge in [0.25, 0.3) is 0 Å². The van der Waals surface area contributed by atoms with Gasteiger partial charge in [0.05, 0.1) is 6.61 Å². The highest BCUT2D eigenvalue weighted by molar-refractivity contribution is 5.39. The molecule has 0 amide bonds. The zero-order valence-corrected chi connectivity index (χ0v) is 11.3. The molecule has 2 N–H and O–H groups in total. The molecule has 0 aromatic heterocycles. The summed E-state index contributed by atoms with van der Waals surface area (Å²) >= 11 is 0. The van der Waals surface area contributed by atoms with Gasteiger partial charge < -0.3 is 19.9 Å². The van der Waals surface area contributed by atoms with Crippen molar-refractivity contribution in [1.29, 1.82) is 0 Å². The average molecular weight is 253 g/mol. The lowest BCUT2D eigenvalue weighted by atomic mass is 10.3. The minimum absolute atomic E-state index is 0.254. The van der Waals surface area contributed by atoms with Crippen molar-refractivity contribution in [2.75, 3.05) is 19.8 Å². The predicted molar refractivity (Wildman–Crippen MR) is 72.3 cm³/mol. The molecule has 4 nitrogen and oxygen atoms in total.